The van der Waals surface area contributed by atoms with Crippen LogP contribution >= 0.6 is 0 Å². The van der Waals surface area contributed by atoms with Crippen LogP contribution in [0.3, 0.4) is 0 Å². The Morgan fingerprint density at radius 1 is 1.05 bits per heavy atom. The number of rotatable bonds is 8. The summed E-state index contributed by atoms with van der Waals surface area (Å²) in [6.07, 6.45) is 3.16. The lowest BCUT2D eigenvalue weighted by atomic mass is 9.99. The smallest absolute Gasteiger partial charge is 0.255 e. The number of carbonyl (C=O) groups is 1. The number of ether oxygens (including phenoxy) is 1. The molecule has 39 heavy (non-hydrogen) atoms. The summed E-state index contributed by atoms with van der Waals surface area (Å²) < 4.78 is 52.6. The number of nitrogens with one attached hydrogen (secondary N) is 2. The fourth-order valence-electron chi connectivity index (χ4n) is 5.01. The van der Waals surface area contributed by atoms with E-state index in [-0.39, 0.29) is 23.7 Å². The molecule has 0 radical (unpaired) electrons. The summed E-state index contributed by atoms with van der Waals surface area (Å²) in [5.41, 5.74) is 3.03. The standard InChI is InChI=1S/C29H28FN3O5S/c1-31-29(34)27-24-13-23(17-3-4-17)25(33(39(2,35)36)20-15-32-16-20)14-26(24)38-28(27)18-5-9-21(10-6-18)37-22-11-7-19(30)8-12-22/h5-14,17,20,32H,3-4,15-16H2,1-2H3,(H,31,34). The van der Waals surface area contributed by atoms with Crippen LogP contribution in [0, 0.1) is 5.82 Å². The molecule has 1 saturated heterocycles. The van der Waals surface area contributed by atoms with Crippen LogP contribution < -0.4 is 19.7 Å². The van der Waals surface area contributed by atoms with Crippen molar-refractivity contribution in [3.8, 4) is 22.8 Å². The SMILES string of the molecule is CNC(=O)c1c(-c2ccc(Oc3ccc(F)cc3)cc2)oc2cc(N(C3CNC3)S(C)(=O)=O)c(C3CC3)cc12. The van der Waals surface area contributed by atoms with Gasteiger partial charge < -0.3 is 19.8 Å². The zero-order valence-electron chi connectivity index (χ0n) is 21.5. The predicted octanol–water partition coefficient (Wildman–Crippen LogP) is 5.01. The van der Waals surface area contributed by atoms with Gasteiger partial charge >= 0.3 is 0 Å². The molecule has 2 heterocycles. The van der Waals surface area contributed by atoms with E-state index in [1.54, 1.807) is 49.5 Å². The molecular weight excluding hydrogens is 521 g/mol. The Balaban J connectivity index is 1.45. The largest absolute Gasteiger partial charge is 0.457 e. The fraction of sp³-hybridized carbons (Fsp3) is 0.276. The summed E-state index contributed by atoms with van der Waals surface area (Å²) in [5, 5.41) is 6.51. The molecule has 0 unspecified atom stereocenters. The van der Waals surface area contributed by atoms with Gasteiger partial charge in [-0.2, -0.15) is 0 Å². The number of amides is 1. The van der Waals surface area contributed by atoms with Crippen molar-refractivity contribution in [2.45, 2.75) is 24.8 Å². The van der Waals surface area contributed by atoms with E-state index in [4.69, 9.17) is 9.15 Å². The molecule has 0 bridgehead atoms. The van der Waals surface area contributed by atoms with Gasteiger partial charge in [0.05, 0.1) is 23.5 Å². The van der Waals surface area contributed by atoms with Gasteiger partial charge in [-0.05, 0) is 78.9 Å². The molecular formula is C29H28FN3O5S. The van der Waals surface area contributed by atoms with E-state index < -0.39 is 10.0 Å². The molecule has 2 fully saturated rings. The number of fused-ring (bicyclic) bond motifs is 1. The van der Waals surface area contributed by atoms with Crippen LogP contribution in [0.4, 0.5) is 10.1 Å². The Labute approximate surface area is 225 Å². The number of furan rings is 1. The summed E-state index contributed by atoms with van der Waals surface area (Å²) in [4.78, 5) is 13.1. The highest BCUT2D eigenvalue weighted by Gasteiger charge is 2.37. The predicted molar refractivity (Wildman–Crippen MR) is 147 cm³/mol. The number of benzene rings is 3. The summed E-state index contributed by atoms with van der Waals surface area (Å²) in [5.74, 6) is 1.01. The third-order valence-corrected chi connectivity index (χ3v) is 8.37. The van der Waals surface area contributed by atoms with Crippen molar-refractivity contribution in [1.29, 1.82) is 0 Å². The molecule has 8 nitrogen and oxygen atoms in total. The Bertz CT molecular complexity index is 1660. The minimum Gasteiger partial charge on any atom is -0.457 e. The second kappa shape index (κ2) is 9.69. The van der Waals surface area contributed by atoms with E-state index in [9.17, 15) is 17.6 Å². The van der Waals surface area contributed by atoms with Crippen molar-refractivity contribution in [2.24, 2.45) is 0 Å². The third-order valence-electron chi connectivity index (χ3n) is 7.16. The second-order valence-corrected chi connectivity index (χ2v) is 11.9. The maximum Gasteiger partial charge on any atom is 0.255 e. The Morgan fingerprint density at radius 2 is 1.69 bits per heavy atom. The van der Waals surface area contributed by atoms with Crippen molar-refractivity contribution in [3.63, 3.8) is 0 Å². The van der Waals surface area contributed by atoms with Crippen molar-refractivity contribution in [1.82, 2.24) is 10.6 Å². The lowest BCUT2D eigenvalue weighted by Gasteiger charge is -2.38. The molecule has 1 saturated carbocycles. The first kappa shape index (κ1) is 25.4. The highest BCUT2D eigenvalue weighted by molar-refractivity contribution is 7.92. The molecule has 202 valence electrons. The van der Waals surface area contributed by atoms with Crippen molar-refractivity contribution in [3.05, 3.63) is 77.6 Å². The van der Waals surface area contributed by atoms with Crippen LogP contribution in [0.1, 0.15) is 34.7 Å². The van der Waals surface area contributed by atoms with E-state index in [0.29, 0.717) is 58.1 Å². The molecule has 2 N–H and O–H groups in total. The lowest BCUT2D eigenvalue weighted by molar-refractivity contribution is 0.0964. The second-order valence-electron chi connectivity index (χ2n) is 10.0. The minimum atomic E-state index is -3.55. The molecule has 1 aliphatic heterocycles. The number of anilines is 1. The summed E-state index contributed by atoms with van der Waals surface area (Å²) in [7, 11) is -1.98. The Morgan fingerprint density at radius 3 is 2.23 bits per heavy atom. The van der Waals surface area contributed by atoms with Crippen molar-refractivity contribution < 1.29 is 26.8 Å². The number of carbonyl (C=O) groups excluding carboxylic acids is 1. The third kappa shape index (κ3) is 4.86. The molecule has 4 aromatic rings. The van der Waals surface area contributed by atoms with Crippen LogP contribution in [0.2, 0.25) is 0 Å². The maximum atomic E-state index is 13.2. The summed E-state index contributed by atoms with van der Waals surface area (Å²) >= 11 is 0. The van der Waals surface area contributed by atoms with E-state index in [1.807, 2.05) is 6.07 Å². The van der Waals surface area contributed by atoms with Crippen molar-refractivity contribution in [2.75, 3.05) is 30.7 Å². The van der Waals surface area contributed by atoms with Gasteiger partial charge in [0.15, 0.2) is 0 Å². The quantitative estimate of drug-likeness (QED) is 0.321. The van der Waals surface area contributed by atoms with E-state index in [0.717, 1.165) is 18.4 Å². The maximum absolute atomic E-state index is 13.2. The zero-order chi connectivity index (χ0) is 27.3. The first-order valence-electron chi connectivity index (χ1n) is 12.8. The van der Waals surface area contributed by atoms with Gasteiger partial charge in [0, 0.05) is 37.2 Å². The van der Waals surface area contributed by atoms with E-state index >= 15 is 0 Å². The molecule has 1 aromatic heterocycles. The van der Waals surface area contributed by atoms with Gasteiger partial charge in [0.2, 0.25) is 10.0 Å². The van der Waals surface area contributed by atoms with Gasteiger partial charge in [-0.3, -0.25) is 9.10 Å². The van der Waals surface area contributed by atoms with Gasteiger partial charge in [0.25, 0.3) is 5.91 Å². The first-order chi connectivity index (χ1) is 18.7. The van der Waals surface area contributed by atoms with Gasteiger partial charge in [0.1, 0.15) is 28.7 Å². The number of hydrogen-bond acceptors (Lipinski definition) is 6. The number of hydrogen-bond donors (Lipinski definition) is 2. The zero-order valence-corrected chi connectivity index (χ0v) is 22.3. The molecule has 2 aliphatic rings. The van der Waals surface area contributed by atoms with Crippen LogP contribution in [0.15, 0.2) is 65.1 Å². The topological polar surface area (TPSA) is 101 Å². The van der Waals surface area contributed by atoms with Gasteiger partial charge in [-0.25, -0.2) is 12.8 Å². The average molecular weight is 550 g/mol. The number of sulfonamides is 1. The summed E-state index contributed by atoms with van der Waals surface area (Å²) in [6, 6.07) is 16.3. The highest BCUT2D eigenvalue weighted by atomic mass is 32.2. The normalized spacial score (nSPS) is 15.7. The minimum absolute atomic E-state index is 0.170. The highest BCUT2D eigenvalue weighted by Crippen LogP contribution is 2.48. The molecule has 6 rings (SSSR count). The fourth-order valence-corrected chi connectivity index (χ4v) is 6.22. The van der Waals surface area contributed by atoms with Crippen LogP contribution in [-0.4, -0.2) is 46.8 Å². The molecule has 0 spiro atoms. The van der Waals surface area contributed by atoms with E-state index in [2.05, 4.69) is 10.6 Å². The molecule has 3 aromatic carbocycles. The summed E-state index contributed by atoms with van der Waals surface area (Å²) in [6.45, 7) is 1.16. The van der Waals surface area contributed by atoms with Gasteiger partial charge in [-0.1, -0.05) is 0 Å². The molecule has 1 aliphatic carbocycles. The van der Waals surface area contributed by atoms with Crippen LogP contribution in [0.25, 0.3) is 22.3 Å². The Kier molecular flexibility index (Phi) is 6.31. The Hall–Kier alpha value is -3.89. The average Bonchev–Trinajstić information content (AvgIpc) is 3.66. The number of nitrogens with zero attached hydrogens (tertiary/aromatic N) is 1. The van der Waals surface area contributed by atoms with Crippen LogP contribution in [0.5, 0.6) is 11.5 Å². The van der Waals surface area contributed by atoms with Crippen LogP contribution in [-0.2, 0) is 10.0 Å². The van der Waals surface area contributed by atoms with Gasteiger partial charge in [-0.15, -0.1) is 0 Å². The molecule has 10 heteroatoms. The monoisotopic (exact) mass is 549 g/mol. The van der Waals surface area contributed by atoms with E-state index in [1.165, 1.54) is 22.7 Å². The number of halogens is 1. The van der Waals surface area contributed by atoms with Crippen molar-refractivity contribution >= 4 is 32.6 Å². The molecule has 1 amide bonds. The lowest BCUT2D eigenvalue weighted by Crippen LogP contribution is -2.59. The molecule has 0 atom stereocenters. The first-order valence-corrected chi connectivity index (χ1v) is 14.6.